The molecule has 1 aromatic carbocycles. The molecule has 6 heteroatoms. The van der Waals surface area contributed by atoms with Gasteiger partial charge in [-0.3, -0.25) is 4.79 Å². The summed E-state index contributed by atoms with van der Waals surface area (Å²) in [5.41, 5.74) is 6.85. The number of benzene rings is 1. The zero-order valence-corrected chi connectivity index (χ0v) is 11.7. The molecule has 0 spiro atoms. The van der Waals surface area contributed by atoms with E-state index in [4.69, 9.17) is 5.73 Å². The lowest BCUT2D eigenvalue weighted by atomic mass is 10.1. The van der Waals surface area contributed by atoms with E-state index in [2.05, 4.69) is 24.0 Å². The maximum Gasteiger partial charge on any atom is 0.248 e. The standard InChI is InChI=1S/C13H16N4OS/c1-9(2)17-8-15-16-13(17)19-7-10-3-5-11(6-4-10)12(14)18/h3-6,8-9H,7H2,1-2H3,(H2,14,18). The first-order valence-electron chi connectivity index (χ1n) is 5.99. The second-order valence-corrected chi connectivity index (χ2v) is 5.41. The van der Waals surface area contributed by atoms with Crippen LogP contribution in [0.4, 0.5) is 0 Å². The van der Waals surface area contributed by atoms with Crippen molar-refractivity contribution in [2.75, 3.05) is 0 Å². The number of carbonyl (C=O) groups excluding carboxylic acids is 1. The first-order valence-corrected chi connectivity index (χ1v) is 6.97. The Kier molecular flexibility index (Phi) is 4.21. The Morgan fingerprint density at radius 2 is 2.05 bits per heavy atom. The van der Waals surface area contributed by atoms with Gasteiger partial charge in [-0.25, -0.2) is 0 Å². The topological polar surface area (TPSA) is 73.8 Å². The fraction of sp³-hybridized carbons (Fsp3) is 0.308. The zero-order chi connectivity index (χ0) is 13.8. The molecule has 0 aliphatic heterocycles. The van der Waals surface area contributed by atoms with Crippen molar-refractivity contribution in [2.24, 2.45) is 5.73 Å². The van der Waals surface area contributed by atoms with E-state index in [0.29, 0.717) is 11.6 Å². The number of amides is 1. The summed E-state index contributed by atoms with van der Waals surface area (Å²) in [4.78, 5) is 11.0. The van der Waals surface area contributed by atoms with Crippen molar-refractivity contribution in [2.45, 2.75) is 30.8 Å². The molecule has 2 N–H and O–H groups in total. The fourth-order valence-electron chi connectivity index (χ4n) is 1.60. The minimum Gasteiger partial charge on any atom is -0.366 e. The molecule has 2 aromatic rings. The SMILES string of the molecule is CC(C)n1cnnc1SCc1ccc(C(N)=O)cc1. The van der Waals surface area contributed by atoms with Crippen molar-refractivity contribution in [1.29, 1.82) is 0 Å². The van der Waals surface area contributed by atoms with Gasteiger partial charge in [0, 0.05) is 17.4 Å². The number of thioether (sulfide) groups is 1. The monoisotopic (exact) mass is 276 g/mol. The van der Waals surface area contributed by atoms with Crippen LogP contribution in [0.25, 0.3) is 0 Å². The van der Waals surface area contributed by atoms with E-state index in [1.807, 2.05) is 16.7 Å². The van der Waals surface area contributed by atoms with Crippen LogP contribution < -0.4 is 5.73 Å². The number of aromatic nitrogens is 3. The van der Waals surface area contributed by atoms with Gasteiger partial charge in [-0.1, -0.05) is 23.9 Å². The van der Waals surface area contributed by atoms with Crippen LogP contribution in [0.15, 0.2) is 35.7 Å². The van der Waals surface area contributed by atoms with Crippen LogP contribution in [0.2, 0.25) is 0 Å². The van der Waals surface area contributed by atoms with Gasteiger partial charge in [0.05, 0.1) is 0 Å². The van der Waals surface area contributed by atoms with E-state index in [9.17, 15) is 4.79 Å². The molecule has 100 valence electrons. The van der Waals surface area contributed by atoms with E-state index in [1.54, 1.807) is 30.2 Å². The Hall–Kier alpha value is -1.82. The summed E-state index contributed by atoms with van der Waals surface area (Å²) in [6.07, 6.45) is 1.74. The molecule has 0 fully saturated rings. The lowest BCUT2D eigenvalue weighted by Gasteiger charge is -2.09. The predicted octanol–water partition coefficient (Wildman–Crippen LogP) is 2.25. The van der Waals surface area contributed by atoms with Gasteiger partial charge < -0.3 is 10.3 Å². The molecule has 0 saturated carbocycles. The average Bonchev–Trinajstić information content (AvgIpc) is 2.85. The number of nitrogens with two attached hydrogens (primary N) is 1. The number of carbonyl (C=O) groups is 1. The van der Waals surface area contributed by atoms with Gasteiger partial charge in [0.25, 0.3) is 0 Å². The van der Waals surface area contributed by atoms with E-state index < -0.39 is 5.91 Å². The van der Waals surface area contributed by atoms with Crippen molar-refractivity contribution >= 4 is 17.7 Å². The minimum absolute atomic E-state index is 0.342. The first kappa shape index (κ1) is 13.6. The highest BCUT2D eigenvalue weighted by atomic mass is 32.2. The highest BCUT2D eigenvalue weighted by molar-refractivity contribution is 7.98. The summed E-state index contributed by atoms with van der Waals surface area (Å²) in [5.74, 6) is 0.378. The third-order valence-electron chi connectivity index (χ3n) is 2.70. The van der Waals surface area contributed by atoms with E-state index in [1.165, 1.54) is 0 Å². The van der Waals surface area contributed by atoms with Crippen LogP contribution in [0.3, 0.4) is 0 Å². The van der Waals surface area contributed by atoms with Gasteiger partial charge in [0.2, 0.25) is 5.91 Å². The van der Waals surface area contributed by atoms with Crippen molar-refractivity contribution < 1.29 is 4.79 Å². The molecule has 0 bridgehead atoms. The molecular weight excluding hydrogens is 260 g/mol. The van der Waals surface area contributed by atoms with E-state index in [-0.39, 0.29) is 0 Å². The molecule has 5 nitrogen and oxygen atoms in total. The molecule has 0 aliphatic rings. The van der Waals surface area contributed by atoms with Gasteiger partial charge >= 0.3 is 0 Å². The summed E-state index contributed by atoms with van der Waals surface area (Å²) >= 11 is 1.62. The lowest BCUT2D eigenvalue weighted by molar-refractivity contribution is 0.100. The highest BCUT2D eigenvalue weighted by Crippen LogP contribution is 2.23. The quantitative estimate of drug-likeness (QED) is 0.850. The van der Waals surface area contributed by atoms with Gasteiger partial charge in [-0.05, 0) is 31.5 Å². The average molecular weight is 276 g/mol. The number of primary amides is 1. The number of hydrogen-bond donors (Lipinski definition) is 1. The van der Waals surface area contributed by atoms with Crippen molar-refractivity contribution in [1.82, 2.24) is 14.8 Å². The Morgan fingerprint density at radius 3 is 2.63 bits per heavy atom. The summed E-state index contributed by atoms with van der Waals surface area (Å²) < 4.78 is 2.03. The Balaban J connectivity index is 2.02. The molecule has 1 heterocycles. The van der Waals surface area contributed by atoms with Crippen LogP contribution in [-0.2, 0) is 5.75 Å². The Labute approximate surface area is 116 Å². The lowest BCUT2D eigenvalue weighted by Crippen LogP contribution is -2.10. The van der Waals surface area contributed by atoms with Crippen LogP contribution in [0.5, 0.6) is 0 Å². The molecule has 2 rings (SSSR count). The van der Waals surface area contributed by atoms with Crippen molar-refractivity contribution in [3.63, 3.8) is 0 Å². The molecular formula is C13H16N4OS. The van der Waals surface area contributed by atoms with Crippen LogP contribution in [-0.4, -0.2) is 20.7 Å². The Bertz CT molecular complexity index is 562. The number of nitrogens with zero attached hydrogens (tertiary/aromatic N) is 3. The molecule has 0 atom stereocenters. The summed E-state index contributed by atoms with van der Waals surface area (Å²) in [7, 11) is 0. The zero-order valence-electron chi connectivity index (χ0n) is 10.9. The minimum atomic E-state index is -0.404. The van der Waals surface area contributed by atoms with Crippen molar-refractivity contribution in [3.8, 4) is 0 Å². The van der Waals surface area contributed by atoms with Gasteiger partial charge in [0.15, 0.2) is 5.16 Å². The highest BCUT2D eigenvalue weighted by Gasteiger charge is 2.08. The third kappa shape index (κ3) is 3.35. The molecule has 19 heavy (non-hydrogen) atoms. The summed E-state index contributed by atoms with van der Waals surface area (Å²) in [6.45, 7) is 4.18. The molecule has 0 radical (unpaired) electrons. The normalized spacial score (nSPS) is 10.9. The summed E-state index contributed by atoms with van der Waals surface area (Å²) in [5, 5.41) is 8.92. The third-order valence-corrected chi connectivity index (χ3v) is 3.73. The van der Waals surface area contributed by atoms with Gasteiger partial charge in [-0.2, -0.15) is 0 Å². The molecule has 0 aliphatic carbocycles. The smallest absolute Gasteiger partial charge is 0.248 e. The second kappa shape index (κ2) is 5.88. The maximum atomic E-state index is 11.0. The van der Waals surface area contributed by atoms with Crippen LogP contribution in [0.1, 0.15) is 35.8 Å². The number of hydrogen-bond acceptors (Lipinski definition) is 4. The number of rotatable bonds is 5. The maximum absolute atomic E-state index is 11.0. The predicted molar refractivity (Wildman–Crippen MR) is 74.9 cm³/mol. The fourth-order valence-corrected chi connectivity index (χ4v) is 2.60. The van der Waals surface area contributed by atoms with Gasteiger partial charge in [0.1, 0.15) is 6.33 Å². The van der Waals surface area contributed by atoms with Gasteiger partial charge in [-0.15, -0.1) is 10.2 Å². The molecule has 1 aromatic heterocycles. The molecule has 0 unspecified atom stereocenters. The van der Waals surface area contributed by atoms with Crippen molar-refractivity contribution in [3.05, 3.63) is 41.7 Å². The van der Waals surface area contributed by atoms with E-state index >= 15 is 0 Å². The van der Waals surface area contributed by atoms with Crippen LogP contribution in [0, 0.1) is 0 Å². The van der Waals surface area contributed by atoms with Crippen LogP contribution >= 0.6 is 11.8 Å². The first-order chi connectivity index (χ1) is 9.08. The largest absolute Gasteiger partial charge is 0.366 e. The molecule has 0 saturated heterocycles. The Morgan fingerprint density at radius 1 is 1.37 bits per heavy atom. The van der Waals surface area contributed by atoms with E-state index in [0.717, 1.165) is 16.5 Å². The summed E-state index contributed by atoms with van der Waals surface area (Å²) in [6, 6.07) is 7.64. The second-order valence-electron chi connectivity index (χ2n) is 4.46. The molecule has 1 amide bonds.